The zero-order valence-corrected chi connectivity index (χ0v) is 23.6. The van der Waals surface area contributed by atoms with Crippen LogP contribution in [0.1, 0.15) is 56.1 Å². The van der Waals surface area contributed by atoms with E-state index in [0.29, 0.717) is 41.0 Å². The number of rotatable bonds is 9. The molecule has 3 aromatic carbocycles. The lowest BCUT2D eigenvalue weighted by atomic mass is 9.94. The minimum atomic E-state index is -3.69. The minimum Gasteiger partial charge on any atom is -0.372 e. The van der Waals surface area contributed by atoms with Gasteiger partial charge in [0.15, 0.2) is 0 Å². The van der Waals surface area contributed by atoms with Gasteiger partial charge in [-0.15, -0.1) is 0 Å². The highest BCUT2D eigenvalue weighted by molar-refractivity contribution is 7.89. The number of carbonyl (C=O) groups excluding carboxylic acids is 1. The van der Waals surface area contributed by atoms with Crippen LogP contribution in [0.15, 0.2) is 77.7 Å². The summed E-state index contributed by atoms with van der Waals surface area (Å²) in [6.45, 7) is 0.446. The molecule has 40 heavy (non-hydrogen) atoms. The van der Waals surface area contributed by atoms with Crippen molar-refractivity contribution in [2.24, 2.45) is 5.92 Å². The van der Waals surface area contributed by atoms with Crippen molar-refractivity contribution in [2.45, 2.75) is 55.9 Å². The second-order valence-electron chi connectivity index (χ2n) is 11.1. The van der Waals surface area contributed by atoms with E-state index in [1.165, 1.54) is 37.8 Å². The van der Waals surface area contributed by atoms with Crippen LogP contribution < -0.4 is 20.3 Å². The van der Waals surface area contributed by atoms with Gasteiger partial charge in [0.2, 0.25) is 10.0 Å². The van der Waals surface area contributed by atoms with Gasteiger partial charge >= 0.3 is 0 Å². The Labute approximate surface area is 236 Å². The molecule has 0 aromatic heterocycles. The molecule has 2 saturated carbocycles. The van der Waals surface area contributed by atoms with Gasteiger partial charge in [0.05, 0.1) is 16.2 Å². The van der Waals surface area contributed by atoms with Crippen molar-refractivity contribution in [3.63, 3.8) is 0 Å². The second kappa shape index (κ2) is 11.1. The first kappa shape index (κ1) is 26.6. The van der Waals surface area contributed by atoms with Crippen LogP contribution in [0.3, 0.4) is 0 Å². The lowest BCUT2D eigenvalue weighted by Gasteiger charge is -2.33. The van der Waals surface area contributed by atoms with Crippen LogP contribution in [0, 0.1) is 5.92 Å². The lowest BCUT2D eigenvalue weighted by Crippen LogP contribution is -2.33. The number of benzene rings is 3. The molecule has 0 radical (unpaired) electrons. The van der Waals surface area contributed by atoms with E-state index < -0.39 is 10.0 Å². The first-order valence-electron chi connectivity index (χ1n) is 14.2. The van der Waals surface area contributed by atoms with Crippen LogP contribution in [0.5, 0.6) is 0 Å². The van der Waals surface area contributed by atoms with Crippen molar-refractivity contribution in [1.82, 2.24) is 4.72 Å². The number of sulfonamides is 1. The highest BCUT2D eigenvalue weighted by Gasteiger charge is 2.31. The highest BCUT2D eigenvalue weighted by atomic mass is 32.2. The third kappa shape index (κ3) is 5.64. The predicted molar refractivity (Wildman–Crippen MR) is 162 cm³/mol. The Morgan fingerprint density at radius 3 is 2.35 bits per heavy atom. The fraction of sp³-hybridized carbons (Fsp3) is 0.344. The minimum absolute atomic E-state index is 0.156. The van der Waals surface area contributed by atoms with E-state index in [0.717, 1.165) is 24.1 Å². The predicted octanol–water partition coefficient (Wildman–Crippen LogP) is 6.08. The summed E-state index contributed by atoms with van der Waals surface area (Å²) in [6, 6.07) is 23.4. The molecular weight excluding hydrogens is 520 g/mol. The van der Waals surface area contributed by atoms with Gasteiger partial charge in [-0.3, -0.25) is 4.79 Å². The van der Waals surface area contributed by atoms with Crippen LogP contribution in [-0.2, 0) is 14.8 Å². The van der Waals surface area contributed by atoms with Crippen LogP contribution in [0.2, 0.25) is 0 Å². The van der Waals surface area contributed by atoms with Crippen molar-refractivity contribution < 1.29 is 13.2 Å². The first-order valence-corrected chi connectivity index (χ1v) is 15.7. The standard InChI is InChI=1S/C32H36N4O3S/c1-36(25-10-6-3-7-11-25)26-16-14-24(15-17-26)34-31(23-8-4-2-5-9-23)30-28-20-27(18-19-29(28)35-32(30)37)40(38,39)33-21-22-12-13-22/h2,4-5,8-9,14-20,22,25,33-34H,3,6-7,10-13,21H2,1H3,(H,35,37)/b31-30-. The Balaban J connectivity index is 1.34. The summed E-state index contributed by atoms with van der Waals surface area (Å²) in [7, 11) is -1.52. The molecule has 8 heteroatoms. The molecule has 2 aliphatic carbocycles. The van der Waals surface area contributed by atoms with Gasteiger partial charge in [0.25, 0.3) is 5.91 Å². The van der Waals surface area contributed by atoms with Gasteiger partial charge in [-0.2, -0.15) is 0 Å². The summed E-state index contributed by atoms with van der Waals surface area (Å²) in [5.74, 6) is 0.154. The maximum absolute atomic E-state index is 13.4. The molecule has 1 amide bonds. The van der Waals surface area contributed by atoms with Gasteiger partial charge in [0, 0.05) is 42.3 Å². The smallest absolute Gasteiger partial charge is 0.258 e. The number of fused-ring (bicyclic) bond motifs is 1. The molecule has 1 heterocycles. The zero-order chi connectivity index (χ0) is 27.7. The van der Waals surface area contributed by atoms with Crippen molar-refractivity contribution in [3.05, 3.63) is 83.9 Å². The monoisotopic (exact) mass is 556 g/mol. The van der Waals surface area contributed by atoms with Crippen molar-refractivity contribution in [1.29, 1.82) is 0 Å². The Kier molecular flexibility index (Phi) is 7.38. The largest absolute Gasteiger partial charge is 0.372 e. The molecule has 0 bridgehead atoms. The number of amides is 1. The molecular formula is C32H36N4O3S. The lowest BCUT2D eigenvalue weighted by molar-refractivity contribution is -0.110. The van der Waals surface area contributed by atoms with Crippen LogP contribution in [0.4, 0.5) is 17.1 Å². The number of carbonyl (C=O) groups is 1. The van der Waals surface area contributed by atoms with E-state index >= 15 is 0 Å². The number of nitrogens with zero attached hydrogens (tertiary/aromatic N) is 1. The number of hydrogen-bond acceptors (Lipinski definition) is 5. The van der Waals surface area contributed by atoms with Gasteiger partial charge in [-0.25, -0.2) is 13.1 Å². The zero-order valence-electron chi connectivity index (χ0n) is 22.8. The number of anilines is 3. The molecule has 3 aliphatic rings. The summed E-state index contributed by atoms with van der Waals surface area (Å²) in [4.78, 5) is 15.9. The van der Waals surface area contributed by atoms with Gasteiger partial charge in [0.1, 0.15) is 0 Å². The van der Waals surface area contributed by atoms with Crippen molar-refractivity contribution >= 4 is 44.3 Å². The highest BCUT2D eigenvalue weighted by Crippen LogP contribution is 2.39. The van der Waals surface area contributed by atoms with E-state index in [4.69, 9.17) is 0 Å². The first-order chi connectivity index (χ1) is 19.4. The Bertz CT molecular complexity index is 1520. The maximum Gasteiger partial charge on any atom is 0.258 e. The van der Waals surface area contributed by atoms with E-state index in [1.54, 1.807) is 18.2 Å². The number of hydrogen-bond donors (Lipinski definition) is 3. The topological polar surface area (TPSA) is 90.5 Å². The summed E-state index contributed by atoms with van der Waals surface area (Å²) >= 11 is 0. The van der Waals surface area contributed by atoms with E-state index in [2.05, 4.69) is 39.4 Å². The molecule has 2 fully saturated rings. The Hall–Kier alpha value is -3.62. The van der Waals surface area contributed by atoms with Crippen LogP contribution in [0.25, 0.3) is 11.3 Å². The fourth-order valence-electron chi connectivity index (χ4n) is 5.68. The molecule has 0 atom stereocenters. The Morgan fingerprint density at radius 1 is 0.925 bits per heavy atom. The van der Waals surface area contributed by atoms with E-state index in [-0.39, 0.29) is 10.8 Å². The molecule has 0 saturated heterocycles. The second-order valence-corrected chi connectivity index (χ2v) is 12.9. The fourth-order valence-corrected chi connectivity index (χ4v) is 6.82. The van der Waals surface area contributed by atoms with E-state index in [9.17, 15) is 13.2 Å². The third-order valence-corrected chi connectivity index (χ3v) is 9.70. The molecule has 6 rings (SSSR count). The molecule has 3 aromatic rings. The number of nitrogens with one attached hydrogen (secondary N) is 3. The van der Waals surface area contributed by atoms with Gasteiger partial charge in [-0.05, 0) is 79.6 Å². The molecule has 0 spiro atoms. The summed E-state index contributed by atoms with van der Waals surface area (Å²) in [5, 5.41) is 6.42. The maximum atomic E-state index is 13.4. The molecule has 7 nitrogen and oxygen atoms in total. The summed E-state index contributed by atoms with van der Waals surface area (Å²) < 4.78 is 28.8. The quantitative estimate of drug-likeness (QED) is 0.278. The molecule has 3 N–H and O–H groups in total. The SMILES string of the molecule is CN(c1ccc(N/C(=C2\C(=O)Nc3ccc(S(=O)(=O)NCC4CC4)cc32)c2ccccc2)cc1)C1CCCCC1. The molecule has 208 valence electrons. The molecule has 0 unspecified atom stereocenters. The summed E-state index contributed by atoms with van der Waals surface area (Å²) in [5.41, 5.74) is 5.07. The van der Waals surface area contributed by atoms with Crippen molar-refractivity contribution in [2.75, 3.05) is 29.1 Å². The summed E-state index contributed by atoms with van der Waals surface area (Å²) in [6.07, 6.45) is 8.46. The Morgan fingerprint density at radius 2 is 1.65 bits per heavy atom. The normalized spacial score (nSPS) is 18.7. The average molecular weight is 557 g/mol. The van der Waals surface area contributed by atoms with E-state index in [1.807, 2.05) is 42.5 Å². The molecule has 1 aliphatic heterocycles. The van der Waals surface area contributed by atoms with Crippen molar-refractivity contribution in [3.8, 4) is 0 Å². The average Bonchev–Trinajstić information content (AvgIpc) is 3.76. The third-order valence-electron chi connectivity index (χ3n) is 8.28. The van der Waals surface area contributed by atoms with Crippen LogP contribution in [-0.4, -0.2) is 34.0 Å². The van der Waals surface area contributed by atoms with Gasteiger partial charge < -0.3 is 15.5 Å². The van der Waals surface area contributed by atoms with Gasteiger partial charge in [-0.1, -0.05) is 49.6 Å². The van der Waals surface area contributed by atoms with Crippen LogP contribution >= 0.6 is 0 Å².